The Morgan fingerprint density at radius 3 is 2.48 bits per heavy atom. The number of rotatable bonds is 6. The normalized spacial score (nSPS) is 14.6. The molecular weight excluding hydrogens is 382 g/mol. The highest BCUT2D eigenvalue weighted by Gasteiger charge is 2.12. The van der Waals surface area contributed by atoms with Gasteiger partial charge in [-0.2, -0.15) is 0 Å². The van der Waals surface area contributed by atoms with Gasteiger partial charge in [0.2, 0.25) is 0 Å². The second-order valence-electron chi connectivity index (χ2n) is 6.31. The van der Waals surface area contributed by atoms with E-state index in [1.165, 1.54) is 18.9 Å². The number of hydrogen-bond acceptors (Lipinski definition) is 3. The topological polar surface area (TPSA) is 54.3 Å². The van der Waals surface area contributed by atoms with E-state index in [1.807, 2.05) is 24.3 Å². The highest BCUT2D eigenvalue weighted by Crippen LogP contribution is 2.10. The van der Waals surface area contributed by atoms with Crippen LogP contribution in [0.15, 0.2) is 51.9 Å². The molecule has 0 radical (unpaired) electrons. The average molecular weight is 404 g/mol. The Hall–Kier alpha value is -1.92. The Morgan fingerprint density at radius 2 is 1.76 bits per heavy atom. The third kappa shape index (κ3) is 5.03. The van der Waals surface area contributed by atoms with Crippen molar-refractivity contribution in [3.05, 3.63) is 68.5 Å². The minimum Gasteiger partial charge on any atom is -0.348 e. The van der Waals surface area contributed by atoms with Gasteiger partial charge in [-0.3, -0.25) is 9.59 Å². The molecule has 5 nitrogen and oxygen atoms in total. The van der Waals surface area contributed by atoms with Gasteiger partial charge in [0, 0.05) is 36.4 Å². The van der Waals surface area contributed by atoms with Crippen molar-refractivity contribution < 1.29 is 4.79 Å². The summed E-state index contributed by atoms with van der Waals surface area (Å²) in [5.74, 6) is -0.169. The largest absolute Gasteiger partial charge is 0.348 e. The van der Waals surface area contributed by atoms with Gasteiger partial charge in [-0.05, 0) is 49.7 Å². The summed E-state index contributed by atoms with van der Waals surface area (Å²) in [7, 11) is 0. The third-order valence-corrected chi connectivity index (χ3v) is 5.00. The van der Waals surface area contributed by atoms with Crippen LogP contribution in [0, 0.1) is 0 Å². The van der Waals surface area contributed by atoms with Crippen molar-refractivity contribution in [3.63, 3.8) is 0 Å². The maximum atomic E-state index is 12.4. The maximum absolute atomic E-state index is 12.4. The second kappa shape index (κ2) is 8.45. The number of carbonyl (C=O) groups excluding carboxylic acids is 1. The molecule has 0 aliphatic carbocycles. The van der Waals surface area contributed by atoms with E-state index < -0.39 is 0 Å². The van der Waals surface area contributed by atoms with Crippen LogP contribution in [0.4, 0.5) is 0 Å². The minimum absolute atomic E-state index is 0.0661. The number of amides is 1. The highest BCUT2D eigenvalue weighted by molar-refractivity contribution is 9.10. The number of halogens is 1. The summed E-state index contributed by atoms with van der Waals surface area (Å²) >= 11 is 3.39. The van der Waals surface area contributed by atoms with Gasteiger partial charge < -0.3 is 14.8 Å². The van der Waals surface area contributed by atoms with Crippen molar-refractivity contribution in [1.29, 1.82) is 0 Å². The van der Waals surface area contributed by atoms with E-state index in [0.29, 0.717) is 18.7 Å². The predicted octanol–water partition coefficient (Wildman–Crippen LogP) is 2.64. The fourth-order valence-corrected chi connectivity index (χ4v) is 3.25. The SMILES string of the molecule is O=C(NCc1ccc(Br)cc1)c1ccc(=O)n(CCN2CCCC2)c1. The number of aromatic nitrogens is 1. The van der Waals surface area contributed by atoms with Crippen LogP contribution >= 0.6 is 15.9 Å². The summed E-state index contributed by atoms with van der Waals surface area (Å²) in [6.45, 7) is 4.12. The van der Waals surface area contributed by atoms with Gasteiger partial charge in [0.05, 0.1) is 5.56 Å². The van der Waals surface area contributed by atoms with Crippen LogP contribution in [-0.2, 0) is 13.1 Å². The zero-order valence-corrected chi connectivity index (χ0v) is 15.7. The monoisotopic (exact) mass is 403 g/mol. The van der Waals surface area contributed by atoms with Crippen molar-refractivity contribution in [3.8, 4) is 0 Å². The lowest BCUT2D eigenvalue weighted by atomic mass is 10.2. The first-order valence-corrected chi connectivity index (χ1v) is 9.36. The lowest BCUT2D eigenvalue weighted by Crippen LogP contribution is -2.30. The van der Waals surface area contributed by atoms with Crippen molar-refractivity contribution in [2.45, 2.75) is 25.9 Å². The summed E-state index contributed by atoms with van der Waals surface area (Å²) < 4.78 is 2.64. The molecule has 1 amide bonds. The fraction of sp³-hybridized carbons (Fsp3) is 0.368. The Labute approximate surface area is 155 Å². The molecule has 1 saturated heterocycles. The predicted molar refractivity (Wildman–Crippen MR) is 102 cm³/mol. The number of pyridine rings is 1. The molecule has 2 heterocycles. The third-order valence-electron chi connectivity index (χ3n) is 4.47. The molecule has 1 aliphatic heterocycles. The van der Waals surface area contributed by atoms with Crippen LogP contribution in [0.2, 0.25) is 0 Å². The van der Waals surface area contributed by atoms with E-state index in [0.717, 1.165) is 29.7 Å². The highest BCUT2D eigenvalue weighted by atomic mass is 79.9. The molecule has 132 valence electrons. The molecule has 1 N–H and O–H groups in total. The van der Waals surface area contributed by atoms with Crippen molar-refractivity contribution >= 4 is 21.8 Å². The molecule has 1 aromatic heterocycles. The van der Waals surface area contributed by atoms with Gasteiger partial charge in [0.1, 0.15) is 0 Å². The zero-order chi connectivity index (χ0) is 17.6. The van der Waals surface area contributed by atoms with Gasteiger partial charge in [-0.25, -0.2) is 0 Å². The molecule has 0 saturated carbocycles. The van der Waals surface area contributed by atoms with E-state index in [1.54, 1.807) is 16.8 Å². The molecule has 2 aromatic rings. The van der Waals surface area contributed by atoms with Crippen LogP contribution in [0.5, 0.6) is 0 Å². The van der Waals surface area contributed by atoms with Crippen molar-refractivity contribution in [2.75, 3.05) is 19.6 Å². The first-order valence-electron chi connectivity index (χ1n) is 8.57. The lowest BCUT2D eigenvalue weighted by molar-refractivity contribution is 0.0950. The number of likely N-dealkylation sites (tertiary alicyclic amines) is 1. The number of benzene rings is 1. The van der Waals surface area contributed by atoms with Crippen LogP contribution in [0.1, 0.15) is 28.8 Å². The molecule has 1 fully saturated rings. The molecular formula is C19H22BrN3O2. The molecule has 0 unspecified atom stereocenters. The quantitative estimate of drug-likeness (QED) is 0.806. The summed E-state index contributed by atoms with van der Waals surface area (Å²) in [5.41, 5.74) is 1.47. The number of nitrogens with one attached hydrogen (secondary N) is 1. The van der Waals surface area contributed by atoms with Crippen LogP contribution in [-0.4, -0.2) is 35.0 Å². The second-order valence-corrected chi connectivity index (χ2v) is 7.22. The molecule has 0 atom stereocenters. The first-order chi connectivity index (χ1) is 12.1. The smallest absolute Gasteiger partial charge is 0.253 e. The van der Waals surface area contributed by atoms with Gasteiger partial charge in [-0.1, -0.05) is 28.1 Å². The van der Waals surface area contributed by atoms with Gasteiger partial charge in [0.25, 0.3) is 11.5 Å². The van der Waals surface area contributed by atoms with Crippen LogP contribution in [0.25, 0.3) is 0 Å². The Bertz CT molecular complexity index is 780. The van der Waals surface area contributed by atoms with Gasteiger partial charge >= 0.3 is 0 Å². The standard InChI is InChI=1S/C19H22BrN3O2/c20-17-6-3-15(4-7-17)13-21-19(25)16-5-8-18(24)23(14-16)12-11-22-9-1-2-10-22/h3-8,14H,1-2,9-13H2,(H,21,25). The molecule has 1 aliphatic rings. The molecule has 3 rings (SSSR count). The van der Waals surface area contributed by atoms with E-state index in [2.05, 4.69) is 26.1 Å². The van der Waals surface area contributed by atoms with Gasteiger partial charge in [-0.15, -0.1) is 0 Å². The van der Waals surface area contributed by atoms with E-state index in [4.69, 9.17) is 0 Å². The lowest BCUT2D eigenvalue weighted by Gasteiger charge is -2.15. The van der Waals surface area contributed by atoms with Crippen molar-refractivity contribution in [1.82, 2.24) is 14.8 Å². The number of nitrogens with zero attached hydrogens (tertiary/aromatic N) is 2. The van der Waals surface area contributed by atoms with E-state index in [9.17, 15) is 9.59 Å². The summed E-state index contributed by atoms with van der Waals surface area (Å²) in [5, 5.41) is 2.90. The first kappa shape index (κ1) is 17.9. The van der Waals surface area contributed by atoms with Crippen LogP contribution < -0.4 is 10.9 Å². The Kier molecular flexibility index (Phi) is 6.04. The number of hydrogen-bond donors (Lipinski definition) is 1. The molecule has 0 spiro atoms. The van der Waals surface area contributed by atoms with Crippen LogP contribution in [0.3, 0.4) is 0 Å². The summed E-state index contributed by atoms with van der Waals surface area (Å²) in [6, 6.07) is 10.9. The summed E-state index contributed by atoms with van der Waals surface area (Å²) in [4.78, 5) is 26.7. The van der Waals surface area contributed by atoms with E-state index >= 15 is 0 Å². The Balaban J connectivity index is 1.60. The zero-order valence-electron chi connectivity index (χ0n) is 14.1. The molecule has 0 bridgehead atoms. The maximum Gasteiger partial charge on any atom is 0.253 e. The number of carbonyl (C=O) groups is 1. The fourth-order valence-electron chi connectivity index (χ4n) is 2.98. The van der Waals surface area contributed by atoms with E-state index in [-0.39, 0.29) is 11.5 Å². The van der Waals surface area contributed by atoms with Gasteiger partial charge in [0.15, 0.2) is 0 Å². The average Bonchev–Trinajstić information content (AvgIpc) is 3.14. The summed E-state index contributed by atoms with van der Waals surface area (Å²) in [6.07, 6.45) is 4.12. The Morgan fingerprint density at radius 1 is 1.04 bits per heavy atom. The molecule has 6 heteroatoms. The molecule has 1 aromatic carbocycles. The minimum atomic E-state index is -0.169. The molecule has 25 heavy (non-hydrogen) atoms. The van der Waals surface area contributed by atoms with Crippen molar-refractivity contribution in [2.24, 2.45) is 0 Å².